The smallest absolute Gasteiger partial charge is 0.323 e. The van der Waals surface area contributed by atoms with Gasteiger partial charge >= 0.3 is 5.97 Å². The molecule has 1 unspecified atom stereocenters. The molecule has 0 aliphatic heterocycles. The van der Waals surface area contributed by atoms with Gasteiger partial charge in [-0.25, -0.2) is 24.4 Å². The molecule has 0 radical (unpaired) electrons. The molecule has 2 heterocycles. The van der Waals surface area contributed by atoms with Crippen molar-refractivity contribution in [1.29, 1.82) is 0 Å². The number of hydrogen-bond donors (Lipinski definition) is 4. The summed E-state index contributed by atoms with van der Waals surface area (Å²) in [5, 5.41) is 14.3. The maximum atomic E-state index is 13.6. The Labute approximate surface area is 194 Å². The lowest BCUT2D eigenvalue weighted by molar-refractivity contribution is -0.142. The van der Waals surface area contributed by atoms with E-state index in [4.69, 9.17) is 10.5 Å². The highest BCUT2D eigenvalue weighted by Crippen LogP contribution is 2.39. The SMILES string of the molecule is C[C@H](Cn1cnc2c(N)ncnc21)OCP(=O)(NC(=O)c1ccc(F)cc1)NC(C)(C)C(=O)O. The first-order valence-electron chi connectivity index (χ1n) is 10.1. The number of ether oxygens (including phenoxy) is 1. The van der Waals surface area contributed by atoms with Crippen LogP contribution in [0.4, 0.5) is 10.2 Å². The summed E-state index contributed by atoms with van der Waals surface area (Å²) in [6.45, 7) is 4.56. The third kappa shape index (κ3) is 5.93. The lowest BCUT2D eigenvalue weighted by atomic mass is 10.1. The molecular weight excluding hydrogens is 468 g/mol. The molecule has 0 aliphatic rings. The predicted octanol–water partition coefficient (Wildman–Crippen LogP) is 1.99. The molecule has 0 bridgehead atoms. The van der Waals surface area contributed by atoms with E-state index in [9.17, 15) is 23.7 Å². The molecule has 3 aromatic rings. The van der Waals surface area contributed by atoms with Crippen LogP contribution in [0.5, 0.6) is 0 Å². The largest absolute Gasteiger partial charge is 0.480 e. The molecule has 0 spiro atoms. The lowest BCUT2D eigenvalue weighted by Crippen LogP contribution is -2.48. The van der Waals surface area contributed by atoms with E-state index in [1.165, 1.54) is 38.6 Å². The van der Waals surface area contributed by atoms with E-state index in [1.54, 1.807) is 11.5 Å². The first-order valence-corrected chi connectivity index (χ1v) is 12.0. The van der Waals surface area contributed by atoms with Gasteiger partial charge in [0.05, 0.1) is 19.0 Å². The van der Waals surface area contributed by atoms with E-state index >= 15 is 0 Å². The van der Waals surface area contributed by atoms with Gasteiger partial charge in [0.25, 0.3) is 13.4 Å². The van der Waals surface area contributed by atoms with Gasteiger partial charge in [0.2, 0.25) is 0 Å². The van der Waals surface area contributed by atoms with E-state index in [1.807, 2.05) is 0 Å². The van der Waals surface area contributed by atoms with Crippen LogP contribution in [0.15, 0.2) is 36.9 Å². The zero-order valence-corrected chi connectivity index (χ0v) is 19.6. The molecule has 3 rings (SSSR count). The summed E-state index contributed by atoms with van der Waals surface area (Å²) in [6.07, 6.45) is 1.76. The van der Waals surface area contributed by atoms with Crippen molar-refractivity contribution in [3.8, 4) is 0 Å². The van der Waals surface area contributed by atoms with E-state index in [2.05, 4.69) is 25.1 Å². The number of carboxylic acids is 1. The van der Waals surface area contributed by atoms with Gasteiger partial charge in [0.1, 0.15) is 29.5 Å². The number of fused-ring (bicyclic) bond motifs is 1. The monoisotopic (exact) mass is 493 g/mol. The van der Waals surface area contributed by atoms with Gasteiger partial charge in [-0.05, 0) is 45.0 Å². The van der Waals surface area contributed by atoms with Crippen molar-refractivity contribution < 1.29 is 28.4 Å². The van der Waals surface area contributed by atoms with E-state index < -0.39 is 43.1 Å². The number of rotatable bonds is 10. The number of nitrogens with two attached hydrogens (primary N) is 1. The third-order valence-corrected chi connectivity index (χ3v) is 6.80. The van der Waals surface area contributed by atoms with E-state index in [-0.39, 0.29) is 17.9 Å². The number of carboxylic acid groups (broad SMARTS) is 1. The number of aromatic nitrogens is 4. The second-order valence-electron chi connectivity index (χ2n) is 8.16. The maximum Gasteiger partial charge on any atom is 0.323 e. The summed E-state index contributed by atoms with van der Waals surface area (Å²) in [6, 6.07) is 4.61. The molecule has 0 saturated carbocycles. The topological polar surface area (TPSA) is 174 Å². The van der Waals surface area contributed by atoms with Gasteiger partial charge in [0, 0.05) is 5.56 Å². The number of benzene rings is 1. The lowest BCUT2D eigenvalue weighted by Gasteiger charge is -2.29. The van der Waals surface area contributed by atoms with Gasteiger partial charge < -0.3 is 20.1 Å². The standard InChI is InChI=1S/C20H25FN7O5P/c1-12(8-28-10-25-15-16(22)23-9-24-17(15)28)33-11-34(32,27-20(2,3)19(30)31)26-18(29)13-4-6-14(21)7-5-13/h4-7,9-10,12H,8,11H2,1-3H3,(H,30,31)(H2,22,23,24)(H2,26,27,29,32)/t12-,34?/m1/s1. The zero-order chi connectivity index (χ0) is 25.1. The highest BCUT2D eigenvalue weighted by Gasteiger charge is 2.37. The molecule has 0 aliphatic carbocycles. The number of hydrogen-bond acceptors (Lipinski definition) is 8. The van der Waals surface area contributed by atoms with E-state index in [0.29, 0.717) is 11.2 Å². The fourth-order valence-electron chi connectivity index (χ4n) is 3.02. The Bertz CT molecular complexity index is 1250. The minimum atomic E-state index is -3.94. The minimum Gasteiger partial charge on any atom is -0.480 e. The average molecular weight is 493 g/mol. The Kier molecular flexibility index (Phi) is 7.29. The van der Waals surface area contributed by atoms with Crippen molar-refractivity contribution in [3.63, 3.8) is 0 Å². The highest BCUT2D eigenvalue weighted by atomic mass is 31.2. The fraction of sp³-hybridized carbons (Fsp3) is 0.350. The predicted molar refractivity (Wildman–Crippen MR) is 121 cm³/mol. The number of imidazole rings is 1. The first kappa shape index (κ1) is 25.2. The molecule has 5 N–H and O–H groups in total. The number of amides is 1. The summed E-state index contributed by atoms with van der Waals surface area (Å²) >= 11 is 0. The Morgan fingerprint density at radius 1 is 1.26 bits per heavy atom. The molecule has 12 nitrogen and oxygen atoms in total. The van der Waals surface area contributed by atoms with Crippen molar-refractivity contribution in [1.82, 2.24) is 29.7 Å². The molecular formula is C20H25FN7O5P. The number of carbonyl (C=O) groups is 2. The highest BCUT2D eigenvalue weighted by molar-refractivity contribution is 7.60. The number of nitrogens with one attached hydrogen (secondary N) is 2. The summed E-state index contributed by atoms with van der Waals surface area (Å²) in [5.74, 6) is -2.37. The minimum absolute atomic E-state index is 0.0479. The number of halogens is 1. The molecule has 34 heavy (non-hydrogen) atoms. The summed E-state index contributed by atoms with van der Waals surface area (Å²) in [7, 11) is -3.94. The maximum absolute atomic E-state index is 13.6. The van der Waals surface area contributed by atoms with Crippen LogP contribution in [-0.2, 0) is 20.6 Å². The van der Waals surface area contributed by atoms with Gasteiger partial charge in [-0.3, -0.25) is 19.2 Å². The van der Waals surface area contributed by atoms with E-state index in [0.717, 1.165) is 12.1 Å². The second-order valence-corrected chi connectivity index (χ2v) is 10.3. The van der Waals surface area contributed by atoms with Crippen LogP contribution in [0.2, 0.25) is 0 Å². The van der Waals surface area contributed by atoms with Gasteiger partial charge in [0.15, 0.2) is 11.5 Å². The molecule has 182 valence electrons. The number of nitrogens with zero attached hydrogens (tertiary/aromatic N) is 4. The van der Waals surface area contributed by atoms with Crippen molar-refractivity contribution in [3.05, 3.63) is 48.3 Å². The van der Waals surface area contributed by atoms with Crippen LogP contribution in [0.3, 0.4) is 0 Å². The second kappa shape index (κ2) is 9.84. The van der Waals surface area contributed by atoms with Gasteiger partial charge in [-0.15, -0.1) is 0 Å². The average Bonchev–Trinajstić information content (AvgIpc) is 3.16. The van der Waals surface area contributed by atoms with Crippen LogP contribution in [0, 0.1) is 5.82 Å². The number of anilines is 1. The molecule has 0 fully saturated rings. The Balaban J connectivity index is 1.75. The fourth-order valence-corrected chi connectivity index (χ4v) is 5.12. The summed E-state index contributed by atoms with van der Waals surface area (Å²) < 4.78 is 34.2. The zero-order valence-electron chi connectivity index (χ0n) is 18.7. The normalized spacial score (nSPS) is 14.5. The van der Waals surface area contributed by atoms with Gasteiger partial charge in [-0.2, -0.15) is 0 Å². The van der Waals surface area contributed by atoms with Crippen LogP contribution < -0.4 is 15.9 Å². The molecule has 14 heteroatoms. The molecule has 2 atom stereocenters. The quantitative estimate of drug-likeness (QED) is 0.306. The Morgan fingerprint density at radius 3 is 2.59 bits per heavy atom. The van der Waals surface area contributed by atoms with Crippen molar-refractivity contribution in [2.24, 2.45) is 0 Å². The van der Waals surface area contributed by atoms with Crippen LogP contribution in [-0.4, -0.2) is 54.5 Å². The van der Waals surface area contributed by atoms with Crippen molar-refractivity contribution >= 4 is 36.3 Å². The first-order chi connectivity index (χ1) is 15.9. The van der Waals surface area contributed by atoms with Crippen molar-refractivity contribution in [2.75, 3.05) is 12.1 Å². The molecule has 2 aromatic heterocycles. The van der Waals surface area contributed by atoms with Crippen LogP contribution in [0.1, 0.15) is 31.1 Å². The number of carbonyl (C=O) groups excluding carboxylic acids is 1. The number of nitrogen functional groups attached to an aromatic ring is 1. The molecule has 1 amide bonds. The van der Waals surface area contributed by atoms with Crippen LogP contribution >= 0.6 is 7.44 Å². The van der Waals surface area contributed by atoms with Crippen molar-refractivity contribution in [2.45, 2.75) is 39.0 Å². The van der Waals surface area contributed by atoms with Crippen LogP contribution in [0.25, 0.3) is 11.2 Å². The number of aliphatic carboxylic acids is 1. The molecule has 0 saturated heterocycles. The Hall–Kier alpha value is -3.41. The Morgan fingerprint density at radius 2 is 1.94 bits per heavy atom. The summed E-state index contributed by atoms with van der Waals surface area (Å²) in [4.78, 5) is 36.4. The molecule has 1 aromatic carbocycles. The van der Waals surface area contributed by atoms with Gasteiger partial charge in [-0.1, -0.05) is 0 Å². The summed E-state index contributed by atoms with van der Waals surface area (Å²) in [5.41, 5.74) is 5.11. The third-order valence-electron chi connectivity index (χ3n) is 4.81.